The van der Waals surface area contributed by atoms with Crippen LogP contribution in [0.2, 0.25) is 0 Å². The Morgan fingerprint density at radius 1 is 1.03 bits per heavy atom. The molecule has 7 heteroatoms. The summed E-state index contributed by atoms with van der Waals surface area (Å²) in [5.41, 5.74) is 2.04. The van der Waals surface area contributed by atoms with Crippen molar-refractivity contribution in [2.75, 3.05) is 33.9 Å². The van der Waals surface area contributed by atoms with Gasteiger partial charge in [-0.05, 0) is 17.2 Å². The second-order valence-corrected chi connectivity index (χ2v) is 6.90. The lowest BCUT2D eigenvalue weighted by atomic mass is 9.79. The fourth-order valence-electron chi connectivity index (χ4n) is 3.66. The van der Waals surface area contributed by atoms with E-state index in [-0.39, 0.29) is 24.3 Å². The Kier molecular flexibility index (Phi) is 6.61. The summed E-state index contributed by atoms with van der Waals surface area (Å²) in [5, 5.41) is 5.40. The van der Waals surface area contributed by atoms with Crippen molar-refractivity contribution in [3.63, 3.8) is 0 Å². The van der Waals surface area contributed by atoms with Gasteiger partial charge in [0.1, 0.15) is 0 Å². The van der Waals surface area contributed by atoms with Crippen molar-refractivity contribution < 1.29 is 19.1 Å². The number of carbonyl (C=O) groups excluding carboxylic acids is 3. The monoisotopic (exact) mass is 395 g/mol. The highest BCUT2D eigenvalue weighted by Gasteiger charge is 2.42. The minimum absolute atomic E-state index is 0.129. The molecule has 0 fully saturated rings. The van der Waals surface area contributed by atoms with Crippen molar-refractivity contribution >= 4 is 17.7 Å². The molecule has 0 spiro atoms. The van der Waals surface area contributed by atoms with Gasteiger partial charge < -0.3 is 20.3 Å². The van der Waals surface area contributed by atoms with Gasteiger partial charge >= 0.3 is 0 Å². The van der Waals surface area contributed by atoms with Crippen molar-refractivity contribution in [2.45, 2.75) is 12.0 Å². The first-order valence-electron chi connectivity index (χ1n) is 9.49. The van der Waals surface area contributed by atoms with Gasteiger partial charge in [-0.3, -0.25) is 14.4 Å². The van der Waals surface area contributed by atoms with Crippen molar-refractivity contribution in [2.24, 2.45) is 0 Å². The number of nitrogens with zero attached hydrogens (tertiary/aromatic N) is 1. The van der Waals surface area contributed by atoms with Gasteiger partial charge in [0, 0.05) is 26.3 Å². The highest BCUT2D eigenvalue weighted by molar-refractivity contribution is 6.01. The summed E-state index contributed by atoms with van der Waals surface area (Å²) in [6.45, 7) is 0.639. The van der Waals surface area contributed by atoms with E-state index in [1.807, 2.05) is 36.4 Å². The van der Waals surface area contributed by atoms with Crippen LogP contribution in [0.1, 0.15) is 33.4 Å². The third kappa shape index (κ3) is 4.46. The Morgan fingerprint density at radius 2 is 1.72 bits per heavy atom. The van der Waals surface area contributed by atoms with Crippen molar-refractivity contribution in [1.29, 1.82) is 0 Å². The number of amides is 3. The molecule has 0 aliphatic carbocycles. The van der Waals surface area contributed by atoms with E-state index in [1.165, 1.54) is 0 Å². The van der Waals surface area contributed by atoms with Crippen LogP contribution in [-0.4, -0.2) is 56.5 Å². The minimum Gasteiger partial charge on any atom is -0.383 e. The Balaban J connectivity index is 1.87. The zero-order chi connectivity index (χ0) is 20.8. The number of ether oxygens (including phenoxy) is 1. The van der Waals surface area contributed by atoms with Crippen LogP contribution >= 0.6 is 0 Å². The van der Waals surface area contributed by atoms with Crippen LogP contribution in [-0.2, 0) is 14.3 Å². The molecular weight excluding hydrogens is 370 g/mol. The maximum absolute atomic E-state index is 13.2. The Bertz CT molecular complexity index is 885. The first-order valence-corrected chi connectivity index (χ1v) is 9.49. The average Bonchev–Trinajstić information content (AvgIpc) is 2.75. The highest BCUT2D eigenvalue weighted by atomic mass is 16.5. The minimum atomic E-state index is -0.622. The summed E-state index contributed by atoms with van der Waals surface area (Å²) in [4.78, 5) is 39.6. The molecule has 1 aliphatic rings. The molecule has 1 aliphatic heterocycles. The van der Waals surface area contributed by atoms with Gasteiger partial charge in [0.2, 0.25) is 11.8 Å². The van der Waals surface area contributed by atoms with E-state index in [2.05, 4.69) is 10.6 Å². The normalized spacial score (nSPS) is 18.1. The lowest BCUT2D eigenvalue weighted by Gasteiger charge is -2.39. The number of methoxy groups -OCH3 is 1. The fourth-order valence-corrected chi connectivity index (χ4v) is 3.66. The Labute approximate surface area is 170 Å². The molecule has 1 heterocycles. The van der Waals surface area contributed by atoms with Crippen LogP contribution in [0.15, 0.2) is 54.6 Å². The molecule has 0 saturated heterocycles. The summed E-state index contributed by atoms with van der Waals surface area (Å²) >= 11 is 0. The second kappa shape index (κ2) is 9.34. The van der Waals surface area contributed by atoms with Gasteiger partial charge in [0.25, 0.3) is 5.91 Å². The number of nitrogens with one attached hydrogen (secondary N) is 2. The number of fused-ring (bicyclic) bond motifs is 1. The molecule has 2 aromatic rings. The SMILES string of the molecule is COCCNC(=O)CNC(=O)[C@@H]1c2ccccc2C(=O)N(C)[C@@H]1c1ccccc1. The van der Waals surface area contributed by atoms with E-state index < -0.39 is 12.0 Å². The van der Waals surface area contributed by atoms with Gasteiger partial charge in [0.15, 0.2) is 0 Å². The molecule has 3 rings (SSSR count). The van der Waals surface area contributed by atoms with Gasteiger partial charge in [0.05, 0.1) is 25.1 Å². The molecule has 29 heavy (non-hydrogen) atoms. The smallest absolute Gasteiger partial charge is 0.254 e. The predicted octanol–water partition coefficient (Wildman–Crippen LogP) is 1.48. The van der Waals surface area contributed by atoms with E-state index in [1.54, 1.807) is 37.3 Å². The molecule has 0 radical (unpaired) electrons. The van der Waals surface area contributed by atoms with Gasteiger partial charge in [-0.25, -0.2) is 0 Å². The summed E-state index contributed by atoms with van der Waals surface area (Å²) in [7, 11) is 3.25. The topological polar surface area (TPSA) is 87.7 Å². The number of carbonyl (C=O) groups is 3. The van der Waals surface area contributed by atoms with Gasteiger partial charge in [-0.2, -0.15) is 0 Å². The van der Waals surface area contributed by atoms with Crippen molar-refractivity contribution in [3.8, 4) is 0 Å². The van der Waals surface area contributed by atoms with Crippen LogP contribution in [0, 0.1) is 0 Å². The van der Waals surface area contributed by atoms with Crippen LogP contribution in [0.5, 0.6) is 0 Å². The molecule has 7 nitrogen and oxygen atoms in total. The zero-order valence-corrected chi connectivity index (χ0v) is 16.6. The quantitative estimate of drug-likeness (QED) is 0.695. The summed E-state index contributed by atoms with van der Waals surface area (Å²) < 4.78 is 4.90. The average molecular weight is 395 g/mol. The molecule has 0 aromatic heterocycles. The van der Waals surface area contributed by atoms with Crippen molar-refractivity contribution in [1.82, 2.24) is 15.5 Å². The lowest BCUT2D eigenvalue weighted by Crippen LogP contribution is -2.47. The van der Waals surface area contributed by atoms with Crippen molar-refractivity contribution in [3.05, 3.63) is 71.3 Å². The van der Waals surface area contributed by atoms with E-state index in [4.69, 9.17) is 4.74 Å². The van der Waals surface area contributed by atoms with E-state index in [0.29, 0.717) is 24.3 Å². The molecule has 0 bridgehead atoms. The first kappa shape index (κ1) is 20.5. The number of benzene rings is 2. The standard InChI is InChI=1S/C22H25N3O4/c1-25-20(15-8-4-3-5-9-15)19(16-10-6-7-11-17(16)22(25)28)21(27)24-14-18(26)23-12-13-29-2/h3-11,19-20H,12-14H2,1-2H3,(H,23,26)(H,24,27)/t19-,20-/m1/s1. The molecule has 0 unspecified atom stereocenters. The summed E-state index contributed by atoms with van der Waals surface area (Å²) in [6, 6.07) is 16.1. The number of likely N-dealkylation sites (N-methyl/N-ethyl adjacent to an activating group) is 1. The summed E-state index contributed by atoms with van der Waals surface area (Å²) in [6.07, 6.45) is 0. The Morgan fingerprint density at radius 3 is 2.45 bits per heavy atom. The first-order chi connectivity index (χ1) is 14.0. The maximum Gasteiger partial charge on any atom is 0.254 e. The van der Waals surface area contributed by atoms with E-state index in [9.17, 15) is 14.4 Å². The molecule has 0 saturated carbocycles. The zero-order valence-electron chi connectivity index (χ0n) is 16.6. The highest BCUT2D eigenvalue weighted by Crippen LogP contribution is 2.41. The third-order valence-electron chi connectivity index (χ3n) is 5.05. The molecular formula is C22H25N3O4. The lowest BCUT2D eigenvalue weighted by molar-refractivity contribution is -0.128. The van der Waals surface area contributed by atoms with Gasteiger partial charge in [-0.15, -0.1) is 0 Å². The fraction of sp³-hybridized carbons (Fsp3) is 0.318. The van der Waals surface area contributed by atoms with Gasteiger partial charge in [-0.1, -0.05) is 48.5 Å². The predicted molar refractivity (Wildman–Crippen MR) is 108 cm³/mol. The van der Waals surface area contributed by atoms with E-state index >= 15 is 0 Å². The maximum atomic E-state index is 13.2. The summed E-state index contributed by atoms with van der Waals surface area (Å²) in [5.74, 6) is -1.34. The number of rotatable bonds is 7. The van der Waals surface area contributed by atoms with E-state index in [0.717, 1.165) is 5.56 Å². The molecule has 2 atom stereocenters. The van der Waals surface area contributed by atoms with Crippen LogP contribution in [0.25, 0.3) is 0 Å². The number of hydrogen-bond acceptors (Lipinski definition) is 4. The van der Waals surface area contributed by atoms with Crippen LogP contribution in [0.3, 0.4) is 0 Å². The second-order valence-electron chi connectivity index (χ2n) is 6.90. The third-order valence-corrected chi connectivity index (χ3v) is 5.05. The number of hydrogen-bond donors (Lipinski definition) is 2. The van der Waals surface area contributed by atoms with Crippen LogP contribution in [0.4, 0.5) is 0 Å². The molecule has 3 amide bonds. The molecule has 2 N–H and O–H groups in total. The molecule has 152 valence electrons. The largest absolute Gasteiger partial charge is 0.383 e. The molecule has 2 aromatic carbocycles. The van der Waals surface area contributed by atoms with Crippen LogP contribution < -0.4 is 10.6 Å². The Hall–Kier alpha value is -3.19.